The van der Waals surface area contributed by atoms with Gasteiger partial charge < -0.3 is 9.53 Å². The minimum absolute atomic E-state index is 0.310. The summed E-state index contributed by atoms with van der Waals surface area (Å²) < 4.78 is 18.3. The van der Waals surface area contributed by atoms with Gasteiger partial charge in [0, 0.05) is 11.3 Å². The van der Waals surface area contributed by atoms with E-state index in [9.17, 15) is 9.19 Å². The van der Waals surface area contributed by atoms with Crippen molar-refractivity contribution in [1.82, 2.24) is 0 Å². The first-order chi connectivity index (χ1) is 8.22. The second-order valence-corrected chi connectivity index (χ2v) is 7.18. The number of benzene rings is 1. The molecule has 1 aromatic carbocycles. The second-order valence-electron chi connectivity index (χ2n) is 4.73. The van der Waals surface area contributed by atoms with Crippen LogP contribution in [0.25, 0.3) is 0 Å². The number of methoxy groups -OCH3 is 1. The lowest BCUT2D eigenvalue weighted by Crippen LogP contribution is -2.37. The molecule has 0 heterocycles. The summed E-state index contributed by atoms with van der Waals surface area (Å²) >= 11 is 0. The summed E-state index contributed by atoms with van der Waals surface area (Å²) in [6.07, 6.45) is 5.90. The highest BCUT2D eigenvalue weighted by Crippen LogP contribution is 2.31. The standard InChI is InChI=1S/C13H19FO2Si/c1-16-12-9-10(14)7-8-13(12)17(15)11-5-3-2-4-6-11/h7-9,11,15,17H,2-6H2,1H3/t17-/m0/s1. The monoisotopic (exact) mass is 254 g/mol. The van der Waals surface area contributed by atoms with Gasteiger partial charge in [-0.3, -0.25) is 0 Å². The van der Waals surface area contributed by atoms with Gasteiger partial charge in [0.15, 0.2) is 0 Å². The zero-order valence-corrected chi connectivity index (χ0v) is 11.3. The maximum absolute atomic E-state index is 13.1. The summed E-state index contributed by atoms with van der Waals surface area (Å²) in [7, 11) is -0.483. The van der Waals surface area contributed by atoms with Crippen LogP contribution in [0.5, 0.6) is 5.75 Å². The quantitative estimate of drug-likeness (QED) is 0.837. The SMILES string of the molecule is COc1cc(F)ccc1[Si@@H](O)C1CCCCC1. The van der Waals surface area contributed by atoms with Crippen LogP contribution in [0.3, 0.4) is 0 Å². The van der Waals surface area contributed by atoms with Gasteiger partial charge in [-0.1, -0.05) is 38.2 Å². The highest BCUT2D eigenvalue weighted by Gasteiger charge is 2.27. The zero-order valence-electron chi connectivity index (χ0n) is 10.2. The molecule has 2 nitrogen and oxygen atoms in total. The van der Waals surface area contributed by atoms with Crippen molar-refractivity contribution in [2.75, 3.05) is 7.11 Å². The Morgan fingerprint density at radius 1 is 1.29 bits per heavy atom. The van der Waals surface area contributed by atoms with E-state index >= 15 is 0 Å². The van der Waals surface area contributed by atoms with E-state index in [1.165, 1.54) is 38.5 Å². The maximum atomic E-state index is 13.1. The summed E-state index contributed by atoms with van der Waals surface area (Å²) in [6, 6.07) is 4.48. The van der Waals surface area contributed by atoms with Crippen LogP contribution in [0.4, 0.5) is 4.39 Å². The van der Waals surface area contributed by atoms with Crippen molar-refractivity contribution in [2.24, 2.45) is 0 Å². The Morgan fingerprint density at radius 3 is 2.65 bits per heavy atom. The van der Waals surface area contributed by atoms with Gasteiger partial charge in [-0.05, 0) is 11.6 Å². The van der Waals surface area contributed by atoms with Crippen LogP contribution in [0.1, 0.15) is 32.1 Å². The molecular weight excluding hydrogens is 235 g/mol. The number of rotatable bonds is 3. The third kappa shape index (κ3) is 2.87. The third-order valence-electron chi connectivity index (χ3n) is 3.61. The average Bonchev–Trinajstić information content (AvgIpc) is 2.39. The van der Waals surface area contributed by atoms with Crippen molar-refractivity contribution in [1.29, 1.82) is 0 Å². The molecule has 17 heavy (non-hydrogen) atoms. The van der Waals surface area contributed by atoms with E-state index in [0.717, 1.165) is 18.0 Å². The molecule has 1 saturated carbocycles. The lowest BCUT2D eigenvalue weighted by atomic mass is 10.0. The first-order valence-electron chi connectivity index (χ1n) is 6.24. The van der Waals surface area contributed by atoms with Crippen LogP contribution >= 0.6 is 0 Å². The van der Waals surface area contributed by atoms with E-state index in [0.29, 0.717) is 11.3 Å². The van der Waals surface area contributed by atoms with Crippen molar-refractivity contribution in [3.63, 3.8) is 0 Å². The smallest absolute Gasteiger partial charge is 0.210 e. The molecule has 0 bridgehead atoms. The van der Waals surface area contributed by atoms with Crippen molar-refractivity contribution >= 4 is 14.2 Å². The number of hydrogen-bond donors (Lipinski definition) is 1. The highest BCUT2D eigenvalue weighted by molar-refractivity contribution is 6.68. The fraction of sp³-hybridized carbons (Fsp3) is 0.538. The number of hydrogen-bond acceptors (Lipinski definition) is 2. The fourth-order valence-corrected chi connectivity index (χ4v) is 5.03. The second kappa shape index (κ2) is 5.64. The molecule has 0 radical (unpaired) electrons. The molecule has 0 spiro atoms. The molecule has 1 N–H and O–H groups in total. The van der Waals surface area contributed by atoms with Crippen molar-refractivity contribution in [3.05, 3.63) is 24.0 Å². The Hall–Kier alpha value is -0.873. The normalized spacial score (nSPS) is 19.0. The van der Waals surface area contributed by atoms with Gasteiger partial charge in [-0.2, -0.15) is 0 Å². The largest absolute Gasteiger partial charge is 0.497 e. The van der Waals surface area contributed by atoms with Crippen LogP contribution < -0.4 is 9.92 Å². The van der Waals surface area contributed by atoms with Crippen LogP contribution in [0.15, 0.2) is 18.2 Å². The molecule has 1 aliphatic carbocycles. The van der Waals surface area contributed by atoms with E-state index < -0.39 is 9.04 Å². The third-order valence-corrected chi connectivity index (χ3v) is 6.28. The Labute approximate surface area is 103 Å². The lowest BCUT2D eigenvalue weighted by Gasteiger charge is -2.26. The summed E-state index contributed by atoms with van der Waals surface area (Å²) in [5.41, 5.74) is 0.420. The first kappa shape index (κ1) is 12.6. The van der Waals surface area contributed by atoms with E-state index in [1.54, 1.807) is 6.07 Å². The molecule has 1 aromatic rings. The van der Waals surface area contributed by atoms with Gasteiger partial charge in [0.25, 0.3) is 0 Å². The van der Waals surface area contributed by atoms with Crippen molar-refractivity contribution in [3.8, 4) is 5.75 Å². The van der Waals surface area contributed by atoms with Gasteiger partial charge in [-0.15, -0.1) is 0 Å². The summed E-state index contributed by atoms with van der Waals surface area (Å²) in [4.78, 5) is 10.5. The lowest BCUT2D eigenvalue weighted by molar-refractivity contribution is 0.411. The van der Waals surface area contributed by atoms with Crippen LogP contribution in [-0.4, -0.2) is 20.9 Å². The molecule has 2 rings (SSSR count). The van der Waals surface area contributed by atoms with Crippen LogP contribution in [0.2, 0.25) is 5.54 Å². The van der Waals surface area contributed by atoms with Crippen molar-refractivity contribution < 1.29 is 13.9 Å². The van der Waals surface area contributed by atoms with Crippen molar-refractivity contribution in [2.45, 2.75) is 37.6 Å². The molecule has 4 heteroatoms. The zero-order chi connectivity index (χ0) is 12.3. The first-order valence-corrected chi connectivity index (χ1v) is 8.00. The predicted molar refractivity (Wildman–Crippen MR) is 68.8 cm³/mol. The minimum atomic E-state index is -2.01. The van der Waals surface area contributed by atoms with E-state index in [1.807, 2.05) is 0 Å². The van der Waals surface area contributed by atoms with Crippen LogP contribution in [-0.2, 0) is 0 Å². The minimum Gasteiger partial charge on any atom is -0.497 e. The van der Waals surface area contributed by atoms with E-state index in [-0.39, 0.29) is 5.82 Å². The summed E-state index contributed by atoms with van der Waals surface area (Å²) in [6.45, 7) is 0. The Morgan fingerprint density at radius 2 is 2.00 bits per heavy atom. The molecule has 0 aliphatic heterocycles. The molecule has 1 fully saturated rings. The van der Waals surface area contributed by atoms with Gasteiger partial charge in [0.2, 0.25) is 9.04 Å². The summed E-state index contributed by atoms with van der Waals surface area (Å²) in [5.74, 6) is 0.199. The Balaban J connectivity index is 2.19. The maximum Gasteiger partial charge on any atom is 0.210 e. The fourth-order valence-electron chi connectivity index (χ4n) is 2.63. The molecule has 94 valence electrons. The molecule has 0 amide bonds. The summed E-state index contributed by atoms with van der Waals surface area (Å²) in [5, 5.41) is 0.848. The number of ether oxygens (including phenoxy) is 1. The van der Waals surface area contributed by atoms with Gasteiger partial charge in [0.05, 0.1) is 7.11 Å². The number of halogens is 1. The highest BCUT2D eigenvalue weighted by atomic mass is 28.3. The van der Waals surface area contributed by atoms with Gasteiger partial charge in [-0.25, -0.2) is 4.39 Å². The molecule has 0 unspecified atom stereocenters. The molecular formula is C13H19FO2Si. The molecule has 0 saturated heterocycles. The van der Waals surface area contributed by atoms with Gasteiger partial charge >= 0.3 is 0 Å². The predicted octanol–water partition coefficient (Wildman–Crippen LogP) is 2.09. The van der Waals surface area contributed by atoms with E-state index in [4.69, 9.17) is 4.74 Å². The van der Waals surface area contributed by atoms with Gasteiger partial charge in [0.1, 0.15) is 11.6 Å². The Bertz CT molecular complexity index is 378. The molecule has 0 aromatic heterocycles. The Kier molecular flexibility index (Phi) is 4.18. The van der Waals surface area contributed by atoms with Crippen LogP contribution in [0, 0.1) is 5.82 Å². The topological polar surface area (TPSA) is 29.5 Å². The average molecular weight is 254 g/mol. The molecule has 1 atom stereocenters. The van der Waals surface area contributed by atoms with E-state index in [2.05, 4.69) is 0 Å². The molecule has 1 aliphatic rings.